The van der Waals surface area contributed by atoms with Crippen molar-refractivity contribution in [2.45, 2.75) is 6.92 Å². The molecular formula is C9H10FNO. The molecule has 0 saturated carbocycles. The highest BCUT2D eigenvalue weighted by atomic mass is 19.1. The highest BCUT2D eigenvalue weighted by molar-refractivity contribution is 5.91. The summed E-state index contributed by atoms with van der Waals surface area (Å²) in [4.78, 5) is 10.6. The SMILES string of the molecule is Cc1cccc(NC(=O)CF)c1. The molecule has 0 atom stereocenters. The van der Waals surface area contributed by atoms with Crippen LogP contribution in [0, 0.1) is 6.92 Å². The molecule has 1 aromatic rings. The molecule has 0 spiro atoms. The van der Waals surface area contributed by atoms with E-state index in [9.17, 15) is 9.18 Å². The minimum Gasteiger partial charge on any atom is -0.324 e. The van der Waals surface area contributed by atoms with Crippen LogP contribution in [0.1, 0.15) is 5.56 Å². The van der Waals surface area contributed by atoms with Crippen molar-refractivity contribution in [3.63, 3.8) is 0 Å². The molecule has 1 rings (SSSR count). The molecule has 3 heteroatoms. The maximum atomic E-state index is 11.8. The zero-order valence-corrected chi connectivity index (χ0v) is 6.80. The number of halogens is 1. The molecule has 0 radical (unpaired) electrons. The zero-order chi connectivity index (χ0) is 8.97. The molecule has 1 N–H and O–H groups in total. The minimum atomic E-state index is -0.978. The molecule has 0 saturated heterocycles. The Hall–Kier alpha value is -1.38. The summed E-state index contributed by atoms with van der Waals surface area (Å²) >= 11 is 0. The van der Waals surface area contributed by atoms with Gasteiger partial charge in [-0.15, -0.1) is 0 Å². The van der Waals surface area contributed by atoms with Crippen molar-refractivity contribution in [3.8, 4) is 0 Å². The van der Waals surface area contributed by atoms with E-state index in [1.807, 2.05) is 19.1 Å². The summed E-state index contributed by atoms with van der Waals surface area (Å²) in [5, 5.41) is 2.42. The highest BCUT2D eigenvalue weighted by Crippen LogP contribution is 2.08. The van der Waals surface area contributed by atoms with Crippen LogP contribution in [0.15, 0.2) is 24.3 Å². The van der Waals surface area contributed by atoms with Gasteiger partial charge in [0, 0.05) is 5.69 Å². The molecule has 0 bridgehead atoms. The first-order chi connectivity index (χ1) is 5.72. The monoisotopic (exact) mass is 167 g/mol. The number of hydrogen-bond acceptors (Lipinski definition) is 1. The zero-order valence-electron chi connectivity index (χ0n) is 6.80. The summed E-state index contributed by atoms with van der Waals surface area (Å²) in [5.41, 5.74) is 1.67. The third-order valence-electron chi connectivity index (χ3n) is 1.42. The van der Waals surface area contributed by atoms with Crippen LogP contribution >= 0.6 is 0 Å². The first kappa shape index (κ1) is 8.71. The Labute approximate surface area is 70.4 Å². The van der Waals surface area contributed by atoms with E-state index in [-0.39, 0.29) is 0 Å². The van der Waals surface area contributed by atoms with E-state index < -0.39 is 12.6 Å². The lowest BCUT2D eigenvalue weighted by molar-refractivity contribution is -0.117. The first-order valence-electron chi connectivity index (χ1n) is 3.65. The molecule has 0 heterocycles. The van der Waals surface area contributed by atoms with Crippen molar-refractivity contribution in [1.82, 2.24) is 0 Å². The lowest BCUT2D eigenvalue weighted by Crippen LogP contribution is -2.12. The lowest BCUT2D eigenvalue weighted by atomic mass is 10.2. The van der Waals surface area contributed by atoms with E-state index in [1.54, 1.807) is 12.1 Å². The standard InChI is InChI=1S/C9H10FNO/c1-7-3-2-4-8(5-7)11-9(12)6-10/h2-5H,6H2,1H3,(H,11,12). The van der Waals surface area contributed by atoms with Crippen molar-refractivity contribution in [3.05, 3.63) is 29.8 Å². The van der Waals surface area contributed by atoms with Gasteiger partial charge in [0.25, 0.3) is 5.91 Å². The summed E-state index contributed by atoms with van der Waals surface area (Å²) in [5.74, 6) is -0.611. The van der Waals surface area contributed by atoms with E-state index in [2.05, 4.69) is 5.32 Å². The number of carbonyl (C=O) groups is 1. The van der Waals surface area contributed by atoms with Crippen molar-refractivity contribution >= 4 is 11.6 Å². The van der Waals surface area contributed by atoms with E-state index in [4.69, 9.17) is 0 Å². The summed E-state index contributed by atoms with van der Waals surface area (Å²) in [6.07, 6.45) is 0. The van der Waals surface area contributed by atoms with Gasteiger partial charge in [-0.3, -0.25) is 4.79 Å². The van der Waals surface area contributed by atoms with Gasteiger partial charge in [-0.2, -0.15) is 0 Å². The van der Waals surface area contributed by atoms with Crippen LogP contribution in [-0.2, 0) is 4.79 Å². The fourth-order valence-electron chi connectivity index (χ4n) is 0.917. The number of amides is 1. The Kier molecular flexibility index (Phi) is 2.80. The summed E-state index contributed by atoms with van der Waals surface area (Å²) in [7, 11) is 0. The van der Waals surface area contributed by atoms with Crippen LogP contribution in [0.5, 0.6) is 0 Å². The predicted octanol–water partition coefficient (Wildman–Crippen LogP) is 1.90. The van der Waals surface area contributed by atoms with Crippen LogP contribution in [0.3, 0.4) is 0 Å². The van der Waals surface area contributed by atoms with Crippen LogP contribution in [0.4, 0.5) is 10.1 Å². The minimum absolute atomic E-state index is 0.611. The van der Waals surface area contributed by atoms with Gasteiger partial charge < -0.3 is 5.32 Å². The van der Waals surface area contributed by atoms with Crippen LogP contribution in [0.25, 0.3) is 0 Å². The van der Waals surface area contributed by atoms with Gasteiger partial charge in [0.1, 0.15) is 0 Å². The van der Waals surface area contributed by atoms with E-state index in [0.29, 0.717) is 5.69 Å². The van der Waals surface area contributed by atoms with Crippen molar-refractivity contribution in [2.75, 3.05) is 12.0 Å². The molecule has 12 heavy (non-hydrogen) atoms. The number of aryl methyl sites for hydroxylation is 1. The summed E-state index contributed by atoms with van der Waals surface area (Å²) in [6, 6.07) is 7.22. The van der Waals surface area contributed by atoms with E-state index >= 15 is 0 Å². The lowest BCUT2D eigenvalue weighted by Gasteiger charge is -2.02. The van der Waals surface area contributed by atoms with Crippen LogP contribution in [-0.4, -0.2) is 12.6 Å². The smallest absolute Gasteiger partial charge is 0.255 e. The van der Waals surface area contributed by atoms with Gasteiger partial charge >= 0.3 is 0 Å². The predicted molar refractivity (Wildman–Crippen MR) is 45.8 cm³/mol. The molecule has 64 valence electrons. The summed E-state index contributed by atoms with van der Waals surface area (Å²) < 4.78 is 11.8. The summed E-state index contributed by atoms with van der Waals surface area (Å²) in [6.45, 7) is 0.930. The van der Waals surface area contributed by atoms with Gasteiger partial charge in [-0.25, -0.2) is 4.39 Å². The Morgan fingerprint density at radius 1 is 1.58 bits per heavy atom. The number of benzene rings is 1. The van der Waals surface area contributed by atoms with E-state index in [1.165, 1.54) is 0 Å². The van der Waals surface area contributed by atoms with Crippen LogP contribution < -0.4 is 5.32 Å². The highest BCUT2D eigenvalue weighted by Gasteiger charge is 1.99. The second kappa shape index (κ2) is 3.85. The second-order valence-corrected chi connectivity index (χ2v) is 2.55. The number of rotatable bonds is 2. The van der Waals surface area contributed by atoms with Crippen molar-refractivity contribution in [1.29, 1.82) is 0 Å². The van der Waals surface area contributed by atoms with Gasteiger partial charge in [0.05, 0.1) is 0 Å². The fraction of sp³-hybridized carbons (Fsp3) is 0.222. The molecule has 0 unspecified atom stereocenters. The van der Waals surface area contributed by atoms with Crippen molar-refractivity contribution in [2.24, 2.45) is 0 Å². The molecule has 0 aliphatic carbocycles. The molecule has 1 amide bonds. The Bertz CT molecular complexity index is 286. The quantitative estimate of drug-likeness (QED) is 0.716. The third kappa shape index (κ3) is 2.34. The molecule has 0 aliphatic rings. The number of anilines is 1. The Balaban J connectivity index is 2.69. The average molecular weight is 167 g/mol. The molecule has 2 nitrogen and oxygen atoms in total. The Morgan fingerprint density at radius 2 is 2.33 bits per heavy atom. The average Bonchev–Trinajstić information content (AvgIpc) is 2.04. The number of alkyl halides is 1. The van der Waals surface area contributed by atoms with E-state index in [0.717, 1.165) is 5.56 Å². The number of nitrogens with one attached hydrogen (secondary N) is 1. The van der Waals surface area contributed by atoms with Gasteiger partial charge in [0.15, 0.2) is 6.67 Å². The molecule has 0 aliphatic heterocycles. The maximum absolute atomic E-state index is 11.8. The number of hydrogen-bond donors (Lipinski definition) is 1. The molecule has 1 aromatic carbocycles. The second-order valence-electron chi connectivity index (χ2n) is 2.55. The maximum Gasteiger partial charge on any atom is 0.255 e. The third-order valence-corrected chi connectivity index (χ3v) is 1.42. The van der Waals surface area contributed by atoms with Crippen LogP contribution in [0.2, 0.25) is 0 Å². The first-order valence-corrected chi connectivity index (χ1v) is 3.65. The van der Waals surface area contributed by atoms with Crippen molar-refractivity contribution < 1.29 is 9.18 Å². The molecule has 0 aromatic heterocycles. The number of carbonyl (C=O) groups excluding carboxylic acids is 1. The molecule has 0 fully saturated rings. The largest absolute Gasteiger partial charge is 0.324 e. The van der Waals surface area contributed by atoms with Gasteiger partial charge in [-0.1, -0.05) is 12.1 Å². The fourth-order valence-corrected chi connectivity index (χ4v) is 0.917. The normalized spacial score (nSPS) is 9.50. The van der Waals surface area contributed by atoms with Gasteiger partial charge in [-0.05, 0) is 24.6 Å². The van der Waals surface area contributed by atoms with Gasteiger partial charge in [0.2, 0.25) is 0 Å². The molecular weight excluding hydrogens is 157 g/mol. The topological polar surface area (TPSA) is 29.1 Å². The Morgan fingerprint density at radius 3 is 2.92 bits per heavy atom.